The highest BCUT2D eigenvalue weighted by Crippen LogP contribution is 2.47. The summed E-state index contributed by atoms with van der Waals surface area (Å²) in [6.07, 6.45) is 2.91. The van der Waals surface area contributed by atoms with Crippen molar-refractivity contribution in [3.8, 4) is 11.5 Å². The maximum Gasteiger partial charge on any atom is 0.258 e. The molecule has 0 saturated heterocycles. The van der Waals surface area contributed by atoms with E-state index in [-0.39, 0.29) is 28.8 Å². The molecule has 3 aliphatic rings. The Kier molecular flexibility index (Phi) is 7.34. The van der Waals surface area contributed by atoms with Gasteiger partial charge in [-0.2, -0.15) is 0 Å². The average molecular weight is 497 g/mol. The van der Waals surface area contributed by atoms with Gasteiger partial charge < -0.3 is 25.2 Å². The highest BCUT2D eigenvalue weighted by atomic mass is 35.5. The molecule has 5 rings (SSSR count). The van der Waals surface area contributed by atoms with Crippen molar-refractivity contribution >= 4 is 29.1 Å². The molecule has 2 aromatic rings. The van der Waals surface area contributed by atoms with Gasteiger partial charge in [0.2, 0.25) is 0 Å². The maximum absolute atomic E-state index is 13.5. The molecule has 6 nitrogen and oxygen atoms in total. The van der Waals surface area contributed by atoms with Gasteiger partial charge in [-0.1, -0.05) is 23.2 Å². The first kappa shape index (κ1) is 24.1. The molecule has 9 heteroatoms. The van der Waals surface area contributed by atoms with E-state index in [0.29, 0.717) is 24.6 Å². The minimum absolute atomic E-state index is 0.00211. The normalized spacial score (nSPS) is 26.1. The van der Waals surface area contributed by atoms with Crippen molar-refractivity contribution in [1.82, 2.24) is 10.6 Å². The van der Waals surface area contributed by atoms with Gasteiger partial charge in [-0.25, -0.2) is 4.39 Å². The number of aliphatic hydroxyl groups is 1. The van der Waals surface area contributed by atoms with Crippen LogP contribution in [0.25, 0.3) is 0 Å². The second kappa shape index (κ2) is 10.1. The van der Waals surface area contributed by atoms with E-state index in [4.69, 9.17) is 32.7 Å². The number of carbonyl (C=O) groups is 1. The number of ether oxygens (including phenoxy) is 2. The van der Waals surface area contributed by atoms with Crippen molar-refractivity contribution in [2.75, 3.05) is 19.8 Å². The van der Waals surface area contributed by atoms with E-state index in [9.17, 15) is 14.3 Å². The molecule has 2 bridgehead atoms. The van der Waals surface area contributed by atoms with Gasteiger partial charge in [0.15, 0.2) is 6.61 Å². The van der Waals surface area contributed by atoms with E-state index in [1.165, 1.54) is 12.1 Å². The van der Waals surface area contributed by atoms with Crippen LogP contribution in [0.2, 0.25) is 10.0 Å². The largest absolute Gasteiger partial charge is 0.492 e. The number of hydrogen-bond acceptors (Lipinski definition) is 5. The first-order valence-electron chi connectivity index (χ1n) is 11.0. The van der Waals surface area contributed by atoms with Crippen LogP contribution < -0.4 is 20.1 Å². The Hall–Kier alpha value is -2.06. The molecule has 0 aliphatic heterocycles. The Labute approximate surface area is 202 Å². The second-order valence-electron chi connectivity index (χ2n) is 8.80. The lowest BCUT2D eigenvalue weighted by Gasteiger charge is -2.56. The number of fused-ring (bicyclic) bond motifs is 3. The summed E-state index contributed by atoms with van der Waals surface area (Å²) < 4.78 is 24.7. The number of aliphatic hydroxyl groups excluding tert-OH is 1. The average Bonchev–Trinajstić information content (AvgIpc) is 2.80. The molecule has 33 heavy (non-hydrogen) atoms. The number of hydrogen-bond donors (Lipinski definition) is 3. The Morgan fingerprint density at radius 3 is 2.42 bits per heavy atom. The van der Waals surface area contributed by atoms with Gasteiger partial charge in [0.25, 0.3) is 5.91 Å². The van der Waals surface area contributed by atoms with Gasteiger partial charge in [0, 0.05) is 28.7 Å². The molecule has 0 aromatic heterocycles. The fraction of sp³-hybridized carbons (Fsp3) is 0.458. The molecule has 3 aliphatic carbocycles. The van der Waals surface area contributed by atoms with Crippen molar-refractivity contribution in [1.29, 1.82) is 0 Å². The Balaban J connectivity index is 1.23. The lowest BCUT2D eigenvalue weighted by molar-refractivity contribution is -0.129. The summed E-state index contributed by atoms with van der Waals surface area (Å²) >= 11 is 11.5. The molecule has 0 unspecified atom stereocenters. The number of benzene rings is 2. The summed E-state index contributed by atoms with van der Waals surface area (Å²) in [6, 6.07) is 11.2. The van der Waals surface area contributed by atoms with E-state index < -0.39 is 17.5 Å². The van der Waals surface area contributed by atoms with Crippen molar-refractivity contribution in [3.63, 3.8) is 0 Å². The van der Waals surface area contributed by atoms with Crippen molar-refractivity contribution < 1.29 is 23.8 Å². The summed E-state index contributed by atoms with van der Waals surface area (Å²) in [7, 11) is 0. The zero-order valence-corrected chi connectivity index (χ0v) is 19.6. The molecule has 0 heterocycles. The van der Waals surface area contributed by atoms with E-state index in [1.54, 1.807) is 12.1 Å². The molecule has 178 valence electrons. The smallest absolute Gasteiger partial charge is 0.258 e. The van der Waals surface area contributed by atoms with E-state index in [1.807, 2.05) is 12.1 Å². The molecule has 2 aromatic carbocycles. The number of halogens is 3. The van der Waals surface area contributed by atoms with Gasteiger partial charge in [0.1, 0.15) is 23.9 Å². The molecular formula is C24H27Cl2FN2O4. The van der Waals surface area contributed by atoms with E-state index in [0.717, 1.165) is 37.5 Å². The van der Waals surface area contributed by atoms with Gasteiger partial charge in [-0.15, -0.1) is 0 Å². The number of nitrogens with one attached hydrogen (secondary N) is 2. The van der Waals surface area contributed by atoms with Crippen LogP contribution in [0.3, 0.4) is 0 Å². The van der Waals surface area contributed by atoms with Gasteiger partial charge in [-0.05, 0) is 68.5 Å². The minimum atomic E-state index is -0.599. The first-order valence-corrected chi connectivity index (χ1v) is 11.8. The summed E-state index contributed by atoms with van der Waals surface area (Å²) in [5.74, 6) is 0.0901. The third-order valence-electron chi connectivity index (χ3n) is 6.65. The minimum Gasteiger partial charge on any atom is -0.492 e. The van der Waals surface area contributed by atoms with Crippen molar-refractivity contribution in [3.05, 3.63) is 58.3 Å². The van der Waals surface area contributed by atoms with E-state index >= 15 is 0 Å². The molecule has 0 spiro atoms. The number of rotatable bonds is 9. The molecule has 1 amide bonds. The SMILES string of the molecule is O=C(COc1ccc(Cl)c(F)c1)NC12CCC(NCCOc3ccc(Cl)cc3)(CC1)[C@@H](O)C2. The topological polar surface area (TPSA) is 79.8 Å². The zero-order chi connectivity index (χ0) is 23.5. The summed E-state index contributed by atoms with van der Waals surface area (Å²) in [5.41, 5.74) is -0.818. The van der Waals surface area contributed by atoms with Gasteiger partial charge in [0.05, 0.1) is 11.1 Å². The van der Waals surface area contributed by atoms with E-state index in [2.05, 4.69) is 10.6 Å². The summed E-state index contributed by atoms with van der Waals surface area (Å²) in [6.45, 7) is 0.843. The fourth-order valence-corrected chi connectivity index (χ4v) is 5.04. The number of amides is 1. The third-order valence-corrected chi connectivity index (χ3v) is 7.21. The Bertz CT molecular complexity index is 981. The molecule has 3 N–H and O–H groups in total. The highest BCUT2D eigenvalue weighted by molar-refractivity contribution is 6.30. The number of carbonyl (C=O) groups excluding carboxylic acids is 1. The van der Waals surface area contributed by atoms with Crippen LogP contribution in [0, 0.1) is 5.82 Å². The highest BCUT2D eigenvalue weighted by Gasteiger charge is 2.54. The molecule has 0 radical (unpaired) electrons. The van der Waals surface area contributed by atoms with Crippen LogP contribution in [-0.2, 0) is 4.79 Å². The van der Waals surface area contributed by atoms with Crippen LogP contribution in [0.4, 0.5) is 4.39 Å². The monoisotopic (exact) mass is 496 g/mol. The molecule has 3 saturated carbocycles. The quantitative estimate of drug-likeness (QED) is 0.455. The molecule has 1 atom stereocenters. The van der Waals surface area contributed by atoms with Crippen LogP contribution >= 0.6 is 23.2 Å². The lowest BCUT2D eigenvalue weighted by Crippen LogP contribution is -2.69. The standard InChI is InChI=1S/C24H27Cl2FN2O4/c25-16-1-3-17(4-2-16)32-12-11-28-24-9-7-23(8-10-24,14-21(24)30)29-22(31)15-33-18-5-6-19(26)20(27)13-18/h1-6,13,21,28,30H,7-12,14-15H2,(H,29,31)/t21-,23?,24?/m0/s1. The summed E-state index contributed by atoms with van der Waals surface area (Å²) in [4.78, 5) is 12.5. The second-order valence-corrected chi connectivity index (χ2v) is 9.64. The van der Waals surface area contributed by atoms with Crippen LogP contribution in [0.15, 0.2) is 42.5 Å². The first-order chi connectivity index (χ1) is 15.8. The zero-order valence-electron chi connectivity index (χ0n) is 18.1. The predicted octanol–water partition coefficient (Wildman–Crippen LogP) is 4.11. The Morgan fingerprint density at radius 1 is 1.06 bits per heavy atom. The fourth-order valence-electron chi connectivity index (χ4n) is 4.80. The Morgan fingerprint density at radius 2 is 1.76 bits per heavy atom. The van der Waals surface area contributed by atoms with Crippen LogP contribution in [0.1, 0.15) is 32.1 Å². The summed E-state index contributed by atoms with van der Waals surface area (Å²) in [5, 5.41) is 18.1. The third kappa shape index (κ3) is 5.72. The molecule has 3 fully saturated rings. The predicted molar refractivity (Wildman–Crippen MR) is 125 cm³/mol. The van der Waals surface area contributed by atoms with Crippen molar-refractivity contribution in [2.24, 2.45) is 0 Å². The lowest BCUT2D eigenvalue weighted by atomic mass is 9.60. The van der Waals surface area contributed by atoms with Gasteiger partial charge >= 0.3 is 0 Å². The van der Waals surface area contributed by atoms with Gasteiger partial charge in [-0.3, -0.25) is 4.79 Å². The van der Waals surface area contributed by atoms with Crippen LogP contribution in [-0.4, -0.2) is 48.0 Å². The van der Waals surface area contributed by atoms with Crippen molar-refractivity contribution in [2.45, 2.75) is 49.3 Å². The maximum atomic E-state index is 13.5. The van der Waals surface area contributed by atoms with Crippen LogP contribution in [0.5, 0.6) is 11.5 Å². The molecular weight excluding hydrogens is 470 g/mol.